The fraction of sp³-hybridized carbons (Fsp3) is 0.200. The van der Waals surface area contributed by atoms with Crippen molar-refractivity contribution in [3.05, 3.63) is 22.8 Å². The first-order valence-electron chi connectivity index (χ1n) is 2.28. The monoisotopic (exact) mass is 175 g/mol. The number of halogens is 1. The number of hydroxylamine groups is 2. The van der Waals surface area contributed by atoms with Crippen molar-refractivity contribution >= 4 is 15.9 Å². The molecule has 3 heteroatoms. The Kier molecular flexibility index (Phi) is 1.70. The zero-order chi connectivity index (χ0) is 5.98. The van der Waals surface area contributed by atoms with E-state index in [-0.39, 0.29) is 0 Å². The van der Waals surface area contributed by atoms with Gasteiger partial charge in [-0.05, 0) is 22.0 Å². The molecule has 0 saturated carbocycles. The van der Waals surface area contributed by atoms with E-state index in [1.54, 1.807) is 6.20 Å². The van der Waals surface area contributed by atoms with Crippen LogP contribution in [0.2, 0.25) is 0 Å². The van der Waals surface area contributed by atoms with E-state index in [2.05, 4.69) is 15.9 Å². The first-order valence-corrected chi connectivity index (χ1v) is 3.08. The summed E-state index contributed by atoms with van der Waals surface area (Å²) in [7, 11) is 0. The van der Waals surface area contributed by atoms with Crippen molar-refractivity contribution in [1.82, 2.24) is 5.06 Å². The predicted octanol–water partition coefficient (Wildman–Crippen LogP) is 1.48. The van der Waals surface area contributed by atoms with E-state index >= 15 is 0 Å². The Labute approximate surface area is 56.2 Å². The molecule has 1 heterocycles. The van der Waals surface area contributed by atoms with E-state index in [4.69, 9.17) is 5.21 Å². The van der Waals surface area contributed by atoms with Gasteiger partial charge in [-0.1, -0.05) is 6.08 Å². The molecule has 0 amide bonds. The molecule has 0 atom stereocenters. The molecule has 1 aliphatic rings. The maximum Gasteiger partial charge on any atom is 0.0631 e. The van der Waals surface area contributed by atoms with E-state index in [9.17, 15) is 0 Å². The van der Waals surface area contributed by atoms with Gasteiger partial charge < -0.3 is 0 Å². The first-order chi connectivity index (χ1) is 3.79. The van der Waals surface area contributed by atoms with Gasteiger partial charge in [-0.25, -0.2) is 0 Å². The third kappa shape index (κ3) is 1.35. The summed E-state index contributed by atoms with van der Waals surface area (Å²) in [4.78, 5) is 0. The van der Waals surface area contributed by atoms with Crippen LogP contribution in [0.15, 0.2) is 22.8 Å². The van der Waals surface area contributed by atoms with E-state index in [1.807, 2.05) is 12.2 Å². The highest BCUT2D eigenvalue weighted by atomic mass is 79.9. The Morgan fingerprint density at radius 2 is 2.50 bits per heavy atom. The molecule has 0 spiro atoms. The molecule has 1 rings (SSSR count). The summed E-state index contributed by atoms with van der Waals surface area (Å²) >= 11 is 3.20. The van der Waals surface area contributed by atoms with Crippen LogP contribution < -0.4 is 0 Å². The lowest BCUT2D eigenvalue weighted by atomic mass is 10.4. The van der Waals surface area contributed by atoms with Crippen molar-refractivity contribution < 1.29 is 5.21 Å². The van der Waals surface area contributed by atoms with Crippen molar-refractivity contribution in [1.29, 1.82) is 0 Å². The molecule has 0 fully saturated rings. The Bertz CT molecular complexity index is 141. The first kappa shape index (κ1) is 5.85. The quantitative estimate of drug-likeness (QED) is 0.604. The third-order valence-corrected chi connectivity index (χ3v) is 1.31. The van der Waals surface area contributed by atoms with Gasteiger partial charge >= 0.3 is 0 Å². The highest BCUT2D eigenvalue weighted by Crippen LogP contribution is 2.10. The zero-order valence-corrected chi connectivity index (χ0v) is 5.80. The van der Waals surface area contributed by atoms with E-state index in [0.717, 1.165) is 9.55 Å². The number of hydrogen-bond donors (Lipinski definition) is 1. The summed E-state index contributed by atoms with van der Waals surface area (Å²) in [5.41, 5.74) is 0. The maximum atomic E-state index is 8.76. The minimum Gasteiger partial charge on any atom is -0.289 e. The summed E-state index contributed by atoms with van der Waals surface area (Å²) < 4.78 is 0.895. The number of allylic oxidation sites excluding steroid dienone is 2. The van der Waals surface area contributed by atoms with Gasteiger partial charge in [0.1, 0.15) is 0 Å². The molecule has 2 nitrogen and oxygen atoms in total. The summed E-state index contributed by atoms with van der Waals surface area (Å²) in [6.45, 7) is 0.578. The van der Waals surface area contributed by atoms with Crippen LogP contribution in [0.25, 0.3) is 0 Å². The zero-order valence-electron chi connectivity index (χ0n) is 4.21. The fourth-order valence-corrected chi connectivity index (χ4v) is 0.935. The molecule has 0 aromatic carbocycles. The molecule has 0 radical (unpaired) electrons. The van der Waals surface area contributed by atoms with Gasteiger partial charge in [0.15, 0.2) is 0 Å². The molecule has 44 valence electrons. The topological polar surface area (TPSA) is 23.5 Å². The Morgan fingerprint density at radius 3 is 2.88 bits per heavy atom. The van der Waals surface area contributed by atoms with Crippen LogP contribution in [0.5, 0.6) is 0 Å². The molecular weight excluding hydrogens is 170 g/mol. The molecule has 1 aliphatic heterocycles. The Hall–Kier alpha value is -0.280. The molecule has 0 aromatic heterocycles. The van der Waals surface area contributed by atoms with Gasteiger partial charge in [-0.15, -0.1) is 0 Å². The van der Waals surface area contributed by atoms with Gasteiger partial charge in [0.2, 0.25) is 0 Å². The van der Waals surface area contributed by atoms with Crippen molar-refractivity contribution in [2.45, 2.75) is 0 Å². The molecule has 0 aliphatic carbocycles. The number of rotatable bonds is 0. The smallest absolute Gasteiger partial charge is 0.0631 e. The molecule has 1 N–H and O–H groups in total. The van der Waals surface area contributed by atoms with Crippen molar-refractivity contribution in [3.8, 4) is 0 Å². The fourth-order valence-electron chi connectivity index (χ4n) is 0.511. The second kappa shape index (κ2) is 2.33. The van der Waals surface area contributed by atoms with Crippen molar-refractivity contribution in [3.63, 3.8) is 0 Å². The molecule has 8 heavy (non-hydrogen) atoms. The summed E-state index contributed by atoms with van der Waals surface area (Å²) in [6.07, 6.45) is 5.37. The Balaban J connectivity index is 2.63. The van der Waals surface area contributed by atoms with Crippen molar-refractivity contribution in [2.24, 2.45) is 0 Å². The van der Waals surface area contributed by atoms with Crippen LogP contribution in [0.3, 0.4) is 0 Å². The number of nitrogens with zero attached hydrogens (tertiary/aromatic N) is 1. The highest BCUT2D eigenvalue weighted by Gasteiger charge is 1.96. The molecule has 0 unspecified atom stereocenters. The van der Waals surface area contributed by atoms with E-state index in [0.29, 0.717) is 6.54 Å². The molecule has 0 bridgehead atoms. The highest BCUT2D eigenvalue weighted by molar-refractivity contribution is 9.11. The SMILES string of the molecule is ON1C=C(Br)C=CC1. The van der Waals surface area contributed by atoms with Crippen molar-refractivity contribution in [2.75, 3.05) is 6.54 Å². The molecule has 0 aromatic rings. The van der Waals surface area contributed by atoms with Crippen LogP contribution in [0.1, 0.15) is 0 Å². The predicted molar refractivity (Wildman–Crippen MR) is 34.6 cm³/mol. The van der Waals surface area contributed by atoms with Crippen LogP contribution in [0, 0.1) is 0 Å². The second-order valence-electron chi connectivity index (χ2n) is 1.54. The average Bonchev–Trinajstić information content (AvgIpc) is 1.64. The van der Waals surface area contributed by atoms with Gasteiger partial charge in [-0.3, -0.25) is 10.3 Å². The normalized spacial score (nSPS) is 18.8. The lowest BCUT2D eigenvalue weighted by Crippen LogP contribution is -2.13. The van der Waals surface area contributed by atoms with Crippen LogP contribution in [-0.2, 0) is 0 Å². The van der Waals surface area contributed by atoms with Crippen LogP contribution in [-0.4, -0.2) is 16.8 Å². The van der Waals surface area contributed by atoms with Crippen LogP contribution in [0.4, 0.5) is 0 Å². The van der Waals surface area contributed by atoms with Gasteiger partial charge in [0, 0.05) is 10.7 Å². The van der Waals surface area contributed by atoms with E-state index < -0.39 is 0 Å². The van der Waals surface area contributed by atoms with Gasteiger partial charge in [0.25, 0.3) is 0 Å². The number of hydrogen-bond acceptors (Lipinski definition) is 2. The van der Waals surface area contributed by atoms with E-state index in [1.165, 1.54) is 0 Å². The summed E-state index contributed by atoms with van der Waals surface area (Å²) in [6, 6.07) is 0. The van der Waals surface area contributed by atoms with Gasteiger partial charge in [0.05, 0.1) is 6.54 Å². The largest absolute Gasteiger partial charge is 0.289 e. The molecule has 0 saturated heterocycles. The standard InChI is InChI=1S/C5H6BrNO/c6-5-2-1-3-7(8)4-5/h1-2,4,8H,3H2. The Morgan fingerprint density at radius 1 is 1.75 bits per heavy atom. The summed E-state index contributed by atoms with van der Waals surface area (Å²) in [5, 5.41) is 9.87. The third-order valence-electron chi connectivity index (χ3n) is 0.842. The maximum absolute atomic E-state index is 8.76. The second-order valence-corrected chi connectivity index (χ2v) is 2.45. The van der Waals surface area contributed by atoms with Crippen LogP contribution >= 0.6 is 15.9 Å². The summed E-state index contributed by atoms with van der Waals surface area (Å²) in [5.74, 6) is 0. The van der Waals surface area contributed by atoms with Gasteiger partial charge in [-0.2, -0.15) is 0 Å². The minimum atomic E-state index is 0.578. The molecular formula is C5H6BrNO. The average molecular weight is 176 g/mol. The minimum absolute atomic E-state index is 0.578. The lowest BCUT2D eigenvalue weighted by Gasteiger charge is -2.11. The lowest BCUT2D eigenvalue weighted by molar-refractivity contribution is -0.0304.